The van der Waals surface area contributed by atoms with Gasteiger partial charge in [-0.15, -0.1) is 0 Å². The van der Waals surface area contributed by atoms with Crippen LogP contribution in [0.4, 0.5) is 4.79 Å². The molecule has 0 saturated carbocycles. The lowest BCUT2D eigenvalue weighted by Crippen LogP contribution is -2.27. The molecule has 0 atom stereocenters. The number of hydrogen-bond acceptors (Lipinski definition) is 6. The van der Waals surface area contributed by atoms with Gasteiger partial charge in [-0.05, 0) is 74.9 Å². The van der Waals surface area contributed by atoms with E-state index in [1.54, 1.807) is 56.8 Å². The maximum atomic E-state index is 12.7. The van der Waals surface area contributed by atoms with Crippen molar-refractivity contribution in [2.24, 2.45) is 0 Å². The molecule has 2 aromatic heterocycles. The first-order valence-electron chi connectivity index (χ1n) is 14.1. The third-order valence-corrected chi connectivity index (χ3v) is 8.70. The Kier molecular flexibility index (Phi) is 9.74. The molecule has 0 saturated heterocycles. The molecule has 0 amide bonds. The number of carbonyl (C=O) groups excluding carboxylic acids is 1. The summed E-state index contributed by atoms with van der Waals surface area (Å²) >= 11 is 24.6. The number of aromatic hydroxyl groups is 1. The fraction of sp³-hybridized carbons (Fsp3) is 0.367. The van der Waals surface area contributed by atoms with Gasteiger partial charge >= 0.3 is 6.16 Å². The summed E-state index contributed by atoms with van der Waals surface area (Å²) in [7, 11) is 0. The predicted octanol–water partition coefficient (Wildman–Crippen LogP) is 7.46. The fourth-order valence-corrected chi connectivity index (χ4v) is 6.25. The summed E-state index contributed by atoms with van der Waals surface area (Å²) in [4.78, 5) is 36.8. The molecule has 0 bridgehead atoms. The number of aromatic nitrogens is 4. The van der Waals surface area contributed by atoms with E-state index in [4.69, 9.17) is 55.9 Å². The molecule has 1 N–H and O–H groups in total. The van der Waals surface area contributed by atoms with E-state index in [-0.39, 0.29) is 38.8 Å². The van der Waals surface area contributed by atoms with Gasteiger partial charge in [0, 0.05) is 26.2 Å². The first-order valence-corrected chi connectivity index (χ1v) is 15.6. The van der Waals surface area contributed by atoms with Crippen LogP contribution in [0.25, 0.3) is 22.3 Å². The number of halogens is 4. The van der Waals surface area contributed by atoms with E-state index in [1.165, 1.54) is 12.1 Å². The van der Waals surface area contributed by atoms with Crippen molar-refractivity contribution < 1.29 is 19.4 Å². The number of ether oxygens (including phenoxy) is 2. The molecule has 10 nitrogen and oxygen atoms in total. The smallest absolute Gasteiger partial charge is 0.506 e. The van der Waals surface area contributed by atoms with E-state index in [9.17, 15) is 19.5 Å². The van der Waals surface area contributed by atoms with E-state index in [0.29, 0.717) is 52.2 Å². The highest BCUT2D eigenvalue weighted by atomic mass is 35.5. The van der Waals surface area contributed by atoms with Gasteiger partial charge in [-0.2, -0.15) is 0 Å². The highest BCUT2D eigenvalue weighted by Crippen LogP contribution is 2.34. The summed E-state index contributed by atoms with van der Waals surface area (Å²) < 4.78 is 17.0. The maximum Gasteiger partial charge on any atom is 0.514 e. The molecule has 44 heavy (non-hydrogen) atoms. The molecule has 2 aliphatic heterocycles. The molecule has 2 aromatic carbocycles. The summed E-state index contributed by atoms with van der Waals surface area (Å²) in [6.45, 7) is 6.19. The van der Waals surface area contributed by atoms with E-state index >= 15 is 0 Å². The number of nitrogens with zero attached hydrogens (tertiary/aromatic N) is 4. The number of hydrogen-bond donors (Lipinski definition) is 1. The van der Waals surface area contributed by atoms with Gasteiger partial charge in [-0.3, -0.25) is 19.0 Å². The minimum absolute atomic E-state index is 0.0520. The molecule has 0 fully saturated rings. The van der Waals surface area contributed by atoms with Gasteiger partial charge in [0.05, 0.1) is 27.3 Å². The van der Waals surface area contributed by atoms with Gasteiger partial charge in [0.2, 0.25) is 0 Å². The maximum absolute atomic E-state index is 12.7. The van der Waals surface area contributed by atoms with Crippen LogP contribution in [0.2, 0.25) is 20.4 Å². The minimum atomic E-state index is -0.854. The Morgan fingerprint density at radius 2 is 1.18 bits per heavy atom. The van der Waals surface area contributed by atoms with Crippen LogP contribution in [0, 0.1) is 0 Å². The summed E-state index contributed by atoms with van der Waals surface area (Å²) in [5.74, 6) is 0.0678. The highest BCUT2D eigenvalue weighted by Gasteiger charge is 2.24. The highest BCUT2D eigenvalue weighted by molar-refractivity contribution is 6.34. The van der Waals surface area contributed by atoms with Crippen molar-refractivity contribution in [3.05, 3.63) is 77.5 Å². The van der Waals surface area contributed by atoms with Crippen molar-refractivity contribution in [1.82, 2.24) is 18.7 Å². The zero-order valence-electron chi connectivity index (χ0n) is 24.0. The fourth-order valence-electron chi connectivity index (χ4n) is 5.25. The SMILES string of the molecule is CC(C)OC(=O)Oc1cc(-c2c(Cl)n3n(c2=O)CCCC3)ccc1Cl.O=c1c(-c2ccc(Cl)c(O)c2)c(Cl)n2n1CCCC2. The number of carbonyl (C=O) groups is 1. The molecule has 4 heterocycles. The van der Waals surface area contributed by atoms with Crippen LogP contribution in [0.1, 0.15) is 39.5 Å². The topological polar surface area (TPSA) is 110 Å². The zero-order chi connectivity index (χ0) is 31.7. The Morgan fingerprint density at radius 1 is 0.727 bits per heavy atom. The summed E-state index contributed by atoms with van der Waals surface area (Å²) in [5, 5.41) is 10.9. The molecule has 2 aliphatic rings. The van der Waals surface area contributed by atoms with Crippen molar-refractivity contribution >= 4 is 52.6 Å². The average molecular weight is 684 g/mol. The molecule has 234 valence electrons. The van der Waals surface area contributed by atoms with Crippen molar-refractivity contribution in [3.63, 3.8) is 0 Å². The Balaban J connectivity index is 0.000000181. The largest absolute Gasteiger partial charge is 0.514 e. The number of phenolic OH excluding ortho intramolecular Hbond substituents is 1. The Bertz CT molecular complexity index is 1840. The van der Waals surface area contributed by atoms with Gasteiger partial charge in [0.25, 0.3) is 11.1 Å². The first kappa shape index (κ1) is 32.1. The van der Waals surface area contributed by atoms with Crippen LogP contribution in [0.15, 0.2) is 46.0 Å². The lowest BCUT2D eigenvalue weighted by atomic mass is 10.1. The van der Waals surface area contributed by atoms with E-state index < -0.39 is 6.16 Å². The molecular formula is C30H30Cl4N4O6. The van der Waals surface area contributed by atoms with Gasteiger partial charge in [-0.1, -0.05) is 58.5 Å². The van der Waals surface area contributed by atoms with Crippen LogP contribution in [0.3, 0.4) is 0 Å². The molecule has 0 aliphatic carbocycles. The van der Waals surface area contributed by atoms with Gasteiger partial charge in [-0.25, -0.2) is 14.2 Å². The average Bonchev–Trinajstić information content (AvgIpc) is 3.40. The third-order valence-electron chi connectivity index (χ3n) is 7.30. The van der Waals surface area contributed by atoms with Crippen molar-refractivity contribution in [3.8, 4) is 33.8 Å². The number of fused-ring (bicyclic) bond motifs is 2. The van der Waals surface area contributed by atoms with Crippen molar-refractivity contribution in [1.29, 1.82) is 0 Å². The van der Waals surface area contributed by atoms with Gasteiger partial charge in [0.1, 0.15) is 16.1 Å². The van der Waals surface area contributed by atoms with Crippen LogP contribution in [0.5, 0.6) is 11.5 Å². The predicted molar refractivity (Wildman–Crippen MR) is 171 cm³/mol. The van der Waals surface area contributed by atoms with Crippen LogP contribution in [-0.2, 0) is 30.9 Å². The lowest BCUT2D eigenvalue weighted by Gasteiger charge is -2.17. The Morgan fingerprint density at radius 3 is 1.64 bits per heavy atom. The summed E-state index contributed by atoms with van der Waals surface area (Å²) in [5.41, 5.74) is 1.65. The normalized spacial score (nSPS) is 14.0. The van der Waals surface area contributed by atoms with Gasteiger partial charge in [0.15, 0.2) is 5.75 Å². The number of rotatable bonds is 4. The Labute approximate surface area is 272 Å². The van der Waals surface area contributed by atoms with E-state index in [2.05, 4.69) is 0 Å². The molecule has 0 unspecified atom stereocenters. The van der Waals surface area contributed by atoms with E-state index in [0.717, 1.165) is 32.2 Å². The summed E-state index contributed by atoms with van der Waals surface area (Å²) in [6.07, 6.45) is 2.74. The molecular weight excluding hydrogens is 654 g/mol. The summed E-state index contributed by atoms with van der Waals surface area (Å²) in [6, 6.07) is 9.49. The number of benzene rings is 2. The van der Waals surface area contributed by atoms with Crippen molar-refractivity contribution in [2.45, 2.75) is 71.8 Å². The minimum Gasteiger partial charge on any atom is -0.506 e. The standard InChI is InChI=1S/C17H18Cl2N2O4.C13H12Cl2N2O2/c1-10(2)24-17(23)25-13-9-11(5-6-12(13)18)14-15(19)20-7-3-4-8-21(20)16(14)22;14-9-4-3-8(7-10(9)18)11-12(15)16-5-1-2-6-17(16)13(11)19/h5-6,9-10H,3-4,7-8H2,1-2H3;3-4,7,18H,1-2,5-6H2. The zero-order valence-corrected chi connectivity index (χ0v) is 27.0. The van der Waals surface area contributed by atoms with E-state index in [1.807, 2.05) is 0 Å². The molecule has 14 heteroatoms. The monoisotopic (exact) mass is 682 g/mol. The lowest BCUT2D eigenvalue weighted by molar-refractivity contribution is 0.0729. The van der Waals surface area contributed by atoms with Crippen molar-refractivity contribution in [2.75, 3.05) is 0 Å². The first-order chi connectivity index (χ1) is 21.0. The molecule has 0 spiro atoms. The molecule has 4 aromatic rings. The second-order valence-electron chi connectivity index (χ2n) is 10.7. The van der Waals surface area contributed by atoms with Crippen LogP contribution in [-0.4, -0.2) is 36.1 Å². The van der Waals surface area contributed by atoms with Gasteiger partial charge < -0.3 is 14.6 Å². The second-order valence-corrected chi connectivity index (χ2v) is 12.2. The quantitative estimate of drug-likeness (QED) is 0.177. The number of phenols is 1. The van der Waals surface area contributed by atoms with Crippen LogP contribution < -0.4 is 15.9 Å². The molecule has 6 rings (SSSR count). The van der Waals surface area contributed by atoms with Crippen LogP contribution >= 0.6 is 46.4 Å². The molecule has 0 radical (unpaired) electrons. The second kappa shape index (κ2) is 13.4. The third kappa shape index (κ3) is 6.40. The Hall–Kier alpha value is -3.31.